The van der Waals surface area contributed by atoms with Crippen LogP contribution >= 0.6 is 0 Å². The summed E-state index contributed by atoms with van der Waals surface area (Å²) in [6.07, 6.45) is 5.27. The molecule has 0 saturated heterocycles. The van der Waals surface area contributed by atoms with E-state index in [4.69, 9.17) is 4.42 Å². The average molecular weight is 297 g/mol. The maximum Gasteiger partial charge on any atom is 0.249 e. The van der Waals surface area contributed by atoms with Crippen molar-refractivity contribution in [2.45, 2.75) is 19.9 Å². The third kappa shape index (κ3) is 2.88. The van der Waals surface area contributed by atoms with Crippen molar-refractivity contribution in [3.8, 4) is 11.4 Å². The van der Waals surface area contributed by atoms with Gasteiger partial charge in [0, 0.05) is 24.4 Å². The molecule has 3 heterocycles. The van der Waals surface area contributed by atoms with Crippen molar-refractivity contribution in [3.63, 3.8) is 0 Å². The van der Waals surface area contributed by atoms with Crippen LogP contribution in [0.2, 0.25) is 0 Å². The van der Waals surface area contributed by atoms with Crippen molar-refractivity contribution >= 4 is 11.9 Å². The highest BCUT2D eigenvalue weighted by atomic mass is 16.3. The number of aromatic nitrogens is 4. The largest absolute Gasteiger partial charge is 0.467 e. The van der Waals surface area contributed by atoms with Gasteiger partial charge < -0.3 is 9.73 Å². The molecular formula is C15H15N5O2. The van der Waals surface area contributed by atoms with Crippen molar-refractivity contribution in [1.82, 2.24) is 19.7 Å². The number of hydrogen-bond donors (Lipinski definition) is 1. The minimum atomic E-state index is -0.135. The van der Waals surface area contributed by atoms with Gasteiger partial charge in [0.15, 0.2) is 5.82 Å². The molecule has 0 amide bonds. The molecule has 7 nitrogen and oxygen atoms in total. The van der Waals surface area contributed by atoms with Crippen molar-refractivity contribution < 1.29 is 9.21 Å². The van der Waals surface area contributed by atoms with E-state index < -0.39 is 0 Å². The molecule has 3 aromatic rings. The summed E-state index contributed by atoms with van der Waals surface area (Å²) in [6.45, 7) is 2.21. The van der Waals surface area contributed by atoms with Gasteiger partial charge in [-0.15, -0.1) is 5.10 Å². The molecule has 0 saturated carbocycles. The number of nitrogens with one attached hydrogen (secondary N) is 1. The van der Waals surface area contributed by atoms with Gasteiger partial charge in [0.2, 0.25) is 11.9 Å². The fourth-order valence-corrected chi connectivity index (χ4v) is 1.95. The molecule has 1 N–H and O–H groups in total. The number of anilines is 1. The number of carbonyl (C=O) groups excluding carboxylic acids is 1. The van der Waals surface area contributed by atoms with Crippen LogP contribution < -0.4 is 5.32 Å². The topological polar surface area (TPSA) is 85.8 Å². The molecule has 0 aromatic carbocycles. The zero-order valence-corrected chi connectivity index (χ0v) is 12.1. The zero-order chi connectivity index (χ0) is 15.4. The van der Waals surface area contributed by atoms with E-state index in [9.17, 15) is 4.79 Å². The molecule has 0 spiro atoms. The second-order valence-corrected chi connectivity index (χ2v) is 4.59. The van der Waals surface area contributed by atoms with Crippen LogP contribution in [0.1, 0.15) is 23.9 Å². The van der Waals surface area contributed by atoms with E-state index in [0.29, 0.717) is 24.7 Å². The second-order valence-electron chi connectivity index (χ2n) is 4.59. The van der Waals surface area contributed by atoms with Gasteiger partial charge >= 0.3 is 0 Å². The lowest BCUT2D eigenvalue weighted by Crippen LogP contribution is -2.15. The van der Waals surface area contributed by atoms with Crippen LogP contribution in [0.4, 0.5) is 5.95 Å². The summed E-state index contributed by atoms with van der Waals surface area (Å²) in [6, 6.07) is 7.30. The van der Waals surface area contributed by atoms with E-state index >= 15 is 0 Å². The molecule has 3 rings (SSSR count). The van der Waals surface area contributed by atoms with Crippen LogP contribution in [0.5, 0.6) is 0 Å². The maximum atomic E-state index is 12.0. The normalized spacial score (nSPS) is 10.6. The molecule has 22 heavy (non-hydrogen) atoms. The SMILES string of the molecule is CCC(=O)n1nc(-c2cccnc2)nc1NCc1ccco1. The van der Waals surface area contributed by atoms with Gasteiger partial charge in [-0.1, -0.05) is 6.92 Å². The van der Waals surface area contributed by atoms with Crippen LogP contribution in [0, 0.1) is 0 Å². The second kappa shape index (κ2) is 6.21. The summed E-state index contributed by atoms with van der Waals surface area (Å²) >= 11 is 0. The Labute approximate surface area is 127 Å². The van der Waals surface area contributed by atoms with Crippen LogP contribution in [-0.4, -0.2) is 25.7 Å². The van der Waals surface area contributed by atoms with Gasteiger partial charge in [0.1, 0.15) is 5.76 Å². The van der Waals surface area contributed by atoms with Gasteiger partial charge in [-0.2, -0.15) is 9.67 Å². The lowest BCUT2D eigenvalue weighted by molar-refractivity contribution is 0.0895. The van der Waals surface area contributed by atoms with Gasteiger partial charge in [-0.25, -0.2) is 0 Å². The number of rotatable bonds is 5. The highest BCUT2D eigenvalue weighted by molar-refractivity contribution is 5.81. The molecule has 0 atom stereocenters. The molecule has 3 aromatic heterocycles. The molecule has 0 radical (unpaired) electrons. The molecule has 0 aliphatic carbocycles. The molecule has 0 fully saturated rings. The predicted molar refractivity (Wildman–Crippen MR) is 80.2 cm³/mol. The summed E-state index contributed by atoms with van der Waals surface area (Å²) in [7, 11) is 0. The first-order valence-electron chi connectivity index (χ1n) is 6.95. The molecule has 7 heteroatoms. The average Bonchev–Trinajstić information content (AvgIpc) is 3.22. The number of furan rings is 1. The summed E-state index contributed by atoms with van der Waals surface area (Å²) in [5.41, 5.74) is 0.756. The molecule has 0 unspecified atom stereocenters. The Bertz CT molecular complexity index is 750. The Morgan fingerprint density at radius 3 is 2.95 bits per heavy atom. The Balaban J connectivity index is 1.89. The van der Waals surface area contributed by atoms with E-state index in [0.717, 1.165) is 11.3 Å². The standard InChI is InChI=1S/C15H15N5O2/c1-2-13(21)20-15(17-10-12-6-4-8-22-12)18-14(19-20)11-5-3-7-16-9-11/h3-9H,2,10H2,1H3,(H,17,18,19). The lowest BCUT2D eigenvalue weighted by atomic mass is 10.3. The first-order valence-corrected chi connectivity index (χ1v) is 6.95. The summed E-state index contributed by atoms with van der Waals surface area (Å²) in [5.74, 6) is 1.46. The van der Waals surface area contributed by atoms with Crippen molar-refractivity contribution in [2.75, 3.05) is 5.32 Å². The minimum Gasteiger partial charge on any atom is -0.467 e. The zero-order valence-electron chi connectivity index (χ0n) is 12.1. The van der Waals surface area contributed by atoms with E-state index in [2.05, 4.69) is 20.4 Å². The highest BCUT2D eigenvalue weighted by Gasteiger charge is 2.16. The van der Waals surface area contributed by atoms with Crippen LogP contribution in [0.15, 0.2) is 47.3 Å². The number of carbonyl (C=O) groups is 1. The van der Waals surface area contributed by atoms with E-state index in [1.165, 1.54) is 4.68 Å². The van der Waals surface area contributed by atoms with E-state index in [1.807, 2.05) is 12.1 Å². The van der Waals surface area contributed by atoms with E-state index in [-0.39, 0.29) is 5.91 Å². The molecule has 112 valence electrons. The van der Waals surface area contributed by atoms with Gasteiger partial charge in [0.05, 0.1) is 12.8 Å². The first kappa shape index (κ1) is 14.0. The number of pyridine rings is 1. The minimum absolute atomic E-state index is 0.135. The monoisotopic (exact) mass is 297 g/mol. The number of nitrogens with zero attached hydrogens (tertiary/aromatic N) is 4. The Morgan fingerprint density at radius 1 is 1.36 bits per heavy atom. The fraction of sp³-hybridized carbons (Fsp3) is 0.200. The Morgan fingerprint density at radius 2 is 2.27 bits per heavy atom. The summed E-state index contributed by atoms with van der Waals surface area (Å²) < 4.78 is 6.54. The smallest absolute Gasteiger partial charge is 0.249 e. The quantitative estimate of drug-likeness (QED) is 0.779. The maximum absolute atomic E-state index is 12.0. The number of hydrogen-bond acceptors (Lipinski definition) is 6. The first-order chi connectivity index (χ1) is 10.8. The summed E-state index contributed by atoms with van der Waals surface area (Å²) in [5, 5.41) is 7.35. The molecule has 0 bridgehead atoms. The van der Waals surface area contributed by atoms with Crippen LogP contribution in [0.3, 0.4) is 0 Å². The third-order valence-electron chi connectivity index (χ3n) is 3.07. The summed E-state index contributed by atoms with van der Waals surface area (Å²) in [4.78, 5) is 20.5. The Hall–Kier alpha value is -2.96. The van der Waals surface area contributed by atoms with E-state index in [1.54, 1.807) is 37.7 Å². The predicted octanol–water partition coefficient (Wildman–Crippen LogP) is 2.60. The fourth-order valence-electron chi connectivity index (χ4n) is 1.95. The van der Waals surface area contributed by atoms with Crippen molar-refractivity contribution in [1.29, 1.82) is 0 Å². The third-order valence-corrected chi connectivity index (χ3v) is 3.07. The van der Waals surface area contributed by atoms with Gasteiger partial charge in [0.25, 0.3) is 0 Å². The Kier molecular flexibility index (Phi) is 3.95. The molecule has 0 aliphatic heterocycles. The lowest BCUT2D eigenvalue weighted by Gasteiger charge is -2.04. The van der Waals surface area contributed by atoms with Crippen molar-refractivity contribution in [3.05, 3.63) is 48.7 Å². The molecular weight excluding hydrogens is 282 g/mol. The van der Waals surface area contributed by atoms with Crippen LogP contribution in [-0.2, 0) is 6.54 Å². The van der Waals surface area contributed by atoms with Crippen molar-refractivity contribution in [2.24, 2.45) is 0 Å². The van der Waals surface area contributed by atoms with Gasteiger partial charge in [-0.3, -0.25) is 9.78 Å². The van der Waals surface area contributed by atoms with Crippen LogP contribution in [0.25, 0.3) is 11.4 Å². The van der Waals surface area contributed by atoms with Gasteiger partial charge in [-0.05, 0) is 24.3 Å². The molecule has 0 aliphatic rings. The highest BCUT2D eigenvalue weighted by Crippen LogP contribution is 2.17.